The van der Waals surface area contributed by atoms with Gasteiger partial charge in [-0.25, -0.2) is 18.9 Å². The number of hydrogen-bond donors (Lipinski definition) is 0. The van der Waals surface area contributed by atoms with Crippen molar-refractivity contribution < 1.29 is 8.68 Å². The largest absolute Gasteiger partial charge is 0.275 e. The molecule has 0 aromatic carbocycles. The average Bonchev–Trinajstić information content (AvgIpc) is 3.12. The molecule has 0 atom stereocenters. The fourth-order valence-electron chi connectivity index (χ4n) is 3.07. The van der Waals surface area contributed by atoms with Crippen molar-refractivity contribution in [2.24, 2.45) is 6.98 Å². The van der Waals surface area contributed by atoms with Gasteiger partial charge in [-0.1, -0.05) is 6.07 Å². The third-order valence-electron chi connectivity index (χ3n) is 3.89. The minimum atomic E-state index is -2.29. The first kappa shape index (κ1) is 7.79. The van der Waals surface area contributed by atoms with Crippen LogP contribution in [0.5, 0.6) is 0 Å². The van der Waals surface area contributed by atoms with E-state index in [0.29, 0.717) is 17.9 Å². The molecule has 0 saturated heterocycles. The Bertz CT molecular complexity index is 1090. The molecule has 96 valence electrons. The van der Waals surface area contributed by atoms with E-state index >= 15 is 0 Å². The highest BCUT2D eigenvalue weighted by molar-refractivity contribution is 5.80. The predicted octanol–water partition coefficient (Wildman–Crippen LogP) is 1.54. The number of rotatable bonds is 0. The van der Waals surface area contributed by atoms with Gasteiger partial charge < -0.3 is 0 Å². The van der Waals surface area contributed by atoms with Crippen LogP contribution >= 0.6 is 0 Å². The van der Waals surface area contributed by atoms with Crippen LogP contribution in [0.25, 0.3) is 28.3 Å². The number of aryl methyl sites for hydroxylation is 1. The molecule has 0 amide bonds. The van der Waals surface area contributed by atoms with E-state index in [0.717, 1.165) is 22.6 Å². The lowest BCUT2D eigenvalue weighted by Crippen LogP contribution is -2.32. The maximum Gasteiger partial charge on any atom is 0.275 e. The predicted molar refractivity (Wildman–Crippen MR) is 74.2 cm³/mol. The maximum atomic E-state index is 7.98. The number of imidazole rings is 1. The summed E-state index contributed by atoms with van der Waals surface area (Å²) in [6, 6.07) is 7.51. The van der Waals surface area contributed by atoms with E-state index < -0.39 is 6.98 Å². The molecule has 0 bridgehead atoms. The third kappa shape index (κ3) is 1.02. The minimum Gasteiger partial charge on any atom is -0.255 e. The second-order valence-corrected chi connectivity index (χ2v) is 4.96. The van der Waals surface area contributed by atoms with Crippen LogP contribution in [0.4, 0.5) is 0 Å². The van der Waals surface area contributed by atoms with Gasteiger partial charge in [-0.05, 0) is 12.1 Å². The van der Waals surface area contributed by atoms with Gasteiger partial charge in [-0.2, -0.15) is 0 Å². The van der Waals surface area contributed by atoms with Crippen molar-refractivity contribution in [1.29, 1.82) is 0 Å². The van der Waals surface area contributed by atoms with Crippen LogP contribution < -0.4 is 4.57 Å². The number of pyridine rings is 1. The monoisotopic (exact) mass is 265 g/mol. The summed E-state index contributed by atoms with van der Waals surface area (Å²) in [5.41, 5.74) is 3.97. The molecule has 0 saturated carbocycles. The molecule has 5 heteroatoms. The van der Waals surface area contributed by atoms with Gasteiger partial charge in [-0.15, -0.1) is 0 Å². The summed E-state index contributed by atoms with van der Waals surface area (Å²) < 4.78 is 29.3. The first-order valence-electron chi connectivity index (χ1n) is 7.91. The zero-order valence-electron chi connectivity index (χ0n) is 13.5. The molecule has 5 rings (SSSR count). The third-order valence-corrected chi connectivity index (χ3v) is 3.89. The Morgan fingerprint density at radius 3 is 3.20 bits per heavy atom. The second-order valence-electron chi connectivity index (χ2n) is 4.96. The fourth-order valence-corrected chi connectivity index (χ4v) is 3.07. The number of aromatic nitrogens is 5. The van der Waals surface area contributed by atoms with Crippen LogP contribution in [0.3, 0.4) is 0 Å². The smallest absolute Gasteiger partial charge is 0.255 e. The molecule has 0 fully saturated rings. The molecule has 5 nitrogen and oxygen atoms in total. The summed E-state index contributed by atoms with van der Waals surface area (Å²) in [4.78, 5) is 8.74. The summed E-state index contributed by atoms with van der Waals surface area (Å²) in [6.07, 6.45) is 5.30. The van der Waals surface area contributed by atoms with Gasteiger partial charge >= 0.3 is 0 Å². The summed E-state index contributed by atoms with van der Waals surface area (Å²) in [7, 11) is 0. The molecular weight excluding hydrogens is 250 g/mol. The van der Waals surface area contributed by atoms with Crippen molar-refractivity contribution in [1.82, 2.24) is 18.9 Å². The van der Waals surface area contributed by atoms with Gasteiger partial charge in [0.05, 0.1) is 23.8 Å². The SMILES string of the molecule is [2H]C([2H])([2H])n1c2[n+](c3c1cc1ncccn13)Cc1cccnc1-2. The Labute approximate surface area is 119 Å². The van der Waals surface area contributed by atoms with Gasteiger partial charge in [-0.3, -0.25) is 4.57 Å². The molecule has 4 aromatic heterocycles. The van der Waals surface area contributed by atoms with Crippen molar-refractivity contribution in [3.8, 4) is 11.5 Å². The molecule has 20 heavy (non-hydrogen) atoms. The van der Waals surface area contributed by atoms with E-state index in [-0.39, 0.29) is 0 Å². The van der Waals surface area contributed by atoms with Gasteiger partial charge in [0.2, 0.25) is 0 Å². The normalized spacial score (nSPS) is 15.9. The number of hydrogen-bond acceptors (Lipinski definition) is 2. The first-order chi connectivity index (χ1) is 11.1. The Kier molecular flexibility index (Phi) is 1.27. The molecule has 5 heterocycles. The van der Waals surface area contributed by atoms with E-state index in [1.807, 2.05) is 39.4 Å². The molecule has 4 aromatic rings. The Hall–Kier alpha value is -2.69. The van der Waals surface area contributed by atoms with E-state index in [1.165, 1.54) is 4.57 Å². The quantitative estimate of drug-likeness (QED) is 0.398. The lowest BCUT2D eigenvalue weighted by molar-refractivity contribution is -0.648. The highest BCUT2D eigenvalue weighted by Gasteiger charge is 2.33. The standard InChI is InChI=1S/C15H12N5/c1-18-11-8-12-16-6-3-7-19(12)14(11)20-9-10-4-2-5-17-13(10)15(18)20/h2-8H,9H2,1H3/q+1/i1D3. The van der Waals surface area contributed by atoms with Crippen LogP contribution in [-0.4, -0.2) is 18.9 Å². The minimum absolute atomic E-state index is 0.610. The Balaban J connectivity index is 2.01. The van der Waals surface area contributed by atoms with Crippen LogP contribution in [-0.2, 0) is 13.5 Å². The molecule has 0 aliphatic carbocycles. The van der Waals surface area contributed by atoms with E-state index in [1.54, 1.807) is 12.4 Å². The Morgan fingerprint density at radius 2 is 2.25 bits per heavy atom. The van der Waals surface area contributed by atoms with Crippen LogP contribution in [0.2, 0.25) is 0 Å². The van der Waals surface area contributed by atoms with E-state index in [9.17, 15) is 0 Å². The maximum absolute atomic E-state index is 7.98. The Morgan fingerprint density at radius 1 is 1.30 bits per heavy atom. The molecule has 1 aliphatic rings. The summed E-state index contributed by atoms with van der Waals surface area (Å²) in [5, 5.41) is 0. The van der Waals surface area contributed by atoms with Crippen LogP contribution in [0, 0.1) is 0 Å². The fraction of sp³-hybridized carbons (Fsp3) is 0.133. The lowest BCUT2D eigenvalue weighted by atomic mass is 10.2. The zero-order chi connectivity index (χ0) is 15.8. The number of fused-ring (bicyclic) bond motifs is 7. The van der Waals surface area contributed by atoms with Gasteiger partial charge in [0, 0.05) is 24.0 Å². The van der Waals surface area contributed by atoms with Crippen molar-refractivity contribution in [3.05, 3.63) is 48.4 Å². The molecule has 0 N–H and O–H groups in total. The molecule has 0 spiro atoms. The highest BCUT2D eigenvalue weighted by atomic mass is 15.2. The average molecular weight is 265 g/mol. The van der Waals surface area contributed by atoms with Crippen molar-refractivity contribution in [2.75, 3.05) is 0 Å². The second kappa shape index (κ2) is 3.25. The van der Waals surface area contributed by atoms with Crippen molar-refractivity contribution in [2.45, 2.75) is 6.54 Å². The lowest BCUT2D eigenvalue weighted by Gasteiger charge is -1.95. The molecule has 0 unspecified atom stereocenters. The van der Waals surface area contributed by atoms with Crippen molar-refractivity contribution in [3.63, 3.8) is 0 Å². The molecular formula is C15H12N5+. The van der Waals surface area contributed by atoms with Crippen molar-refractivity contribution >= 4 is 16.8 Å². The molecule has 0 radical (unpaired) electrons. The zero-order valence-corrected chi connectivity index (χ0v) is 10.5. The highest BCUT2D eigenvalue weighted by Crippen LogP contribution is 2.29. The summed E-state index contributed by atoms with van der Waals surface area (Å²) in [5.74, 6) is 0.629. The summed E-state index contributed by atoms with van der Waals surface area (Å²) in [6.45, 7) is -1.68. The van der Waals surface area contributed by atoms with E-state index in [4.69, 9.17) is 4.11 Å². The van der Waals surface area contributed by atoms with E-state index in [2.05, 4.69) is 9.97 Å². The molecule has 1 aliphatic heterocycles. The summed E-state index contributed by atoms with van der Waals surface area (Å²) >= 11 is 0. The van der Waals surface area contributed by atoms with Crippen LogP contribution in [0.1, 0.15) is 9.68 Å². The topological polar surface area (TPSA) is 39.0 Å². The van der Waals surface area contributed by atoms with Crippen LogP contribution in [0.15, 0.2) is 42.9 Å². The number of nitrogens with zero attached hydrogens (tertiary/aromatic N) is 5. The first-order valence-corrected chi connectivity index (χ1v) is 6.41. The van der Waals surface area contributed by atoms with Gasteiger partial charge in [0.1, 0.15) is 5.69 Å². The van der Waals surface area contributed by atoms with Gasteiger partial charge in [0.15, 0.2) is 11.2 Å². The van der Waals surface area contributed by atoms with Gasteiger partial charge in [0.25, 0.3) is 11.5 Å².